The molecule has 3 aromatic rings. The summed E-state index contributed by atoms with van der Waals surface area (Å²) in [6.07, 6.45) is 2.89. The molecular formula is C20H17N3O5S. The molecule has 1 aliphatic heterocycles. The van der Waals surface area contributed by atoms with Crippen molar-refractivity contribution in [2.45, 2.75) is 23.9 Å². The molecule has 2 heterocycles. The summed E-state index contributed by atoms with van der Waals surface area (Å²) in [6, 6.07) is 13.7. The molecule has 8 nitrogen and oxygen atoms in total. The molecule has 0 saturated carbocycles. The van der Waals surface area contributed by atoms with Gasteiger partial charge in [-0.25, -0.2) is 8.42 Å². The molecule has 4 rings (SSSR count). The Labute approximate surface area is 167 Å². The first-order valence-corrected chi connectivity index (χ1v) is 10.3. The Morgan fingerprint density at radius 1 is 0.966 bits per heavy atom. The zero-order valence-corrected chi connectivity index (χ0v) is 16.0. The van der Waals surface area contributed by atoms with Crippen LogP contribution in [-0.2, 0) is 27.8 Å². The average molecular weight is 411 g/mol. The maximum absolute atomic E-state index is 13.2. The van der Waals surface area contributed by atoms with Crippen molar-refractivity contribution in [1.29, 1.82) is 0 Å². The number of fused-ring (bicyclic) bond motifs is 1. The number of aromatic nitrogens is 2. The van der Waals surface area contributed by atoms with Gasteiger partial charge in [-0.1, -0.05) is 18.2 Å². The van der Waals surface area contributed by atoms with Crippen molar-refractivity contribution < 1.29 is 23.1 Å². The van der Waals surface area contributed by atoms with E-state index >= 15 is 0 Å². The number of sulfonamides is 1. The van der Waals surface area contributed by atoms with Gasteiger partial charge in [0, 0.05) is 18.8 Å². The van der Waals surface area contributed by atoms with Crippen molar-refractivity contribution in [3.05, 3.63) is 78.4 Å². The molecule has 0 bridgehead atoms. The smallest absolute Gasteiger partial charge is 0.322 e. The van der Waals surface area contributed by atoms with Crippen molar-refractivity contribution in [1.82, 2.24) is 14.3 Å². The Morgan fingerprint density at radius 3 is 2.24 bits per heavy atom. The van der Waals surface area contributed by atoms with Crippen molar-refractivity contribution in [2.24, 2.45) is 0 Å². The molecule has 1 unspecified atom stereocenters. The number of nitrogens with zero attached hydrogens (tertiary/aromatic N) is 3. The lowest BCUT2D eigenvalue weighted by molar-refractivity contribution is -0.141. The highest BCUT2D eigenvalue weighted by Crippen LogP contribution is 2.29. The van der Waals surface area contributed by atoms with Gasteiger partial charge in [-0.3, -0.25) is 14.8 Å². The number of carboxylic acid groups (broad SMARTS) is 1. The monoisotopic (exact) mass is 411 g/mol. The largest absolute Gasteiger partial charge is 0.480 e. The highest BCUT2D eigenvalue weighted by atomic mass is 32.2. The van der Waals surface area contributed by atoms with E-state index < -0.39 is 22.0 Å². The van der Waals surface area contributed by atoms with Gasteiger partial charge in [0.2, 0.25) is 10.0 Å². The predicted molar refractivity (Wildman–Crippen MR) is 103 cm³/mol. The molecule has 9 heteroatoms. The molecule has 1 atom stereocenters. The van der Waals surface area contributed by atoms with Crippen LogP contribution >= 0.6 is 0 Å². The van der Waals surface area contributed by atoms with Crippen molar-refractivity contribution in [3.8, 4) is 11.5 Å². The molecule has 148 valence electrons. The Kier molecular flexibility index (Phi) is 4.99. The topological polar surface area (TPSA) is 110 Å². The standard InChI is InChI=1S/C20H17N3O5S/c24-20(25)19-12-17-18(22-11-10-21-17)13-23(19)29(26,27)16-8-6-15(7-9-16)28-14-4-2-1-3-5-14/h1-11,19H,12-13H2,(H,24,25). The van der Waals surface area contributed by atoms with E-state index in [2.05, 4.69) is 9.97 Å². The summed E-state index contributed by atoms with van der Waals surface area (Å²) in [4.78, 5) is 20.0. The fourth-order valence-electron chi connectivity index (χ4n) is 3.14. The van der Waals surface area contributed by atoms with E-state index in [1.807, 2.05) is 18.2 Å². The maximum Gasteiger partial charge on any atom is 0.322 e. The molecule has 0 aliphatic carbocycles. The van der Waals surface area contributed by atoms with E-state index in [1.54, 1.807) is 12.1 Å². The molecule has 29 heavy (non-hydrogen) atoms. The Morgan fingerprint density at radius 2 is 1.59 bits per heavy atom. The first-order valence-electron chi connectivity index (χ1n) is 8.81. The Balaban J connectivity index is 1.62. The quantitative estimate of drug-likeness (QED) is 0.687. The lowest BCUT2D eigenvalue weighted by atomic mass is 10.1. The summed E-state index contributed by atoms with van der Waals surface area (Å²) in [6.45, 7) is -0.148. The number of carboxylic acids is 1. The summed E-state index contributed by atoms with van der Waals surface area (Å²) in [5, 5.41) is 9.58. The fraction of sp³-hybridized carbons (Fsp3) is 0.150. The molecule has 0 amide bonds. The van der Waals surface area contributed by atoms with Crippen LogP contribution in [0.3, 0.4) is 0 Å². The SMILES string of the molecule is O=C(O)C1Cc2nccnc2CN1S(=O)(=O)c1ccc(Oc2ccccc2)cc1. The number of rotatable bonds is 5. The van der Waals surface area contributed by atoms with Crippen molar-refractivity contribution in [2.75, 3.05) is 0 Å². The van der Waals surface area contributed by atoms with Gasteiger partial charge < -0.3 is 9.84 Å². The summed E-state index contributed by atoms with van der Waals surface area (Å²) >= 11 is 0. The second-order valence-corrected chi connectivity index (χ2v) is 8.34. The van der Waals surface area contributed by atoms with E-state index in [-0.39, 0.29) is 17.9 Å². The summed E-state index contributed by atoms with van der Waals surface area (Å²) in [5.41, 5.74) is 0.954. The number of benzene rings is 2. The number of para-hydroxylation sites is 1. The van der Waals surface area contributed by atoms with Crippen LogP contribution in [0.15, 0.2) is 71.9 Å². The van der Waals surface area contributed by atoms with E-state index in [0.717, 1.165) is 4.31 Å². The van der Waals surface area contributed by atoms with Crippen LogP contribution in [-0.4, -0.2) is 39.8 Å². The van der Waals surface area contributed by atoms with Gasteiger partial charge in [-0.2, -0.15) is 4.31 Å². The predicted octanol–water partition coefficient (Wildman–Crippen LogP) is 2.47. The molecule has 1 N–H and O–H groups in total. The van der Waals surface area contributed by atoms with Gasteiger partial charge in [0.05, 0.1) is 22.8 Å². The van der Waals surface area contributed by atoms with Gasteiger partial charge in [0.15, 0.2) is 0 Å². The number of aliphatic carboxylic acids is 1. The number of carbonyl (C=O) groups is 1. The zero-order valence-electron chi connectivity index (χ0n) is 15.2. The first kappa shape index (κ1) is 19.0. The van der Waals surface area contributed by atoms with Crippen molar-refractivity contribution >= 4 is 16.0 Å². The molecule has 2 aromatic carbocycles. The van der Waals surface area contributed by atoms with Gasteiger partial charge in [-0.15, -0.1) is 0 Å². The summed E-state index contributed by atoms with van der Waals surface area (Å²) in [5.74, 6) is -0.131. The van der Waals surface area contributed by atoms with Gasteiger partial charge in [-0.05, 0) is 36.4 Å². The average Bonchev–Trinajstić information content (AvgIpc) is 2.74. The lowest BCUT2D eigenvalue weighted by Gasteiger charge is -2.32. The third kappa shape index (κ3) is 3.82. The van der Waals surface area contributed by atoms with Gasteiger partial charge in [0.1, 0.15) is 17.5 Å². The van der Waals surface area contributed by atoms with Crippen LogP contribution < -0.4 is 4.74 Å². The summed E-state index contributed by atoms with van der Waals surface area (Å²) < 4.78 is 32.9. The van der Waals surface area contributed by atoms with E-state index in [9.17, 15) is 18.3 Å². The molecule has 1 aromatic heterocycles. The van der Waals surface area contributed by atoms with Crippen LogP contribution in [0.4, 0.5) is 0 Å². The first-order chi connectivity index (χ1) is 13.9. The highest BCUT2D eigenvalue weighted by Gasteiger charge is 2.40. The summed E-state index contributed by atoms with van der Waals surface area (Å²) in [7, 11) is -4.06. The second-order valence-electron chi connectivity index (χ2n) is 6.44. The van der Waals surface area contributed by atoms with Crippen molar-refractivity contribution in [3.63, 3.8) is 0 Å². The third-order valence-corrected chi connectivity index (χ3v) is 6.46. The van der Waals surface area contributed by atoms with E-state index in [4.69, 9.17) is 4.74 Å². The molecule has 0 radical (unpaired) electrons. The maximum atomic E-state index is 13.2. The molecule has 0 fully saturated rings. The normalized spacial score (nSPS) is 16.8. The van der Waals surface area contributed by atoms with Gasteiger partial charge in [0.25, 0.3) is 0 Å². The molecule has 0 spiro atoms. The number of ether oxygens (including phenoxy) is 1. The third-order valence-electron chi connectivity index (χ3n) is 4.59. The van der Waals surface area contributed by atoms with Gasteiger partial charge >= 0.3 is 5.97 Å². The zero-order chi connectivity index (χ0) is 20.4. The van der Waals surface area contributed by atoms with Crippen LogP contribution in [0.25, 0.3) is 0 Å². The van der Waals surface area contributed by atoms with Crippen LogP contribution in [0.2, 0.25) is 0 Å². The van der Waals surface area contributed by atoms with E-state index in [0.29, 0.717) is 22.9 Å². The Hall–Kier alpha value is -3.30. The second kappa shape index (κ2) is 7.61. The van der Waals surface area contributed by atoms with Crippen LogP contribution in [0.5, 0.6) is 11.5 Å². The minimum Gasteiger partial charge on any atom is -0.480 e. The molecule has 0 saturated heterocycles. The highest BCUT2D eigenvalue weighted by molar-refractivity contribution is 7.89. The minimum absolute atomic E-state index is 0.0171. The fourth-order valence-corrected chi connectivity index (χ4v) is 4.69. The van der Waals surface area contributed by atoms with Crippen LogP contribution in [0, 0.1) is 0 Å². The Bertz CT molecular complexity index is 1130. The van der Waals surface area contributed by atoms with Crippen LogP contribution in [0.1, 0.15) is 11.4 Å². The minimum atomic E-state index is -4.06. The van der Waals surface area contributed by atoms with E-state index in [1.165, 1.54) is 36.7 Å². The lowest BCUT2D eigenvalue weighted by Crippen LogP contribution is -2.49. The molecule has 1 aliphatic rings. The number of hydrogen-bond acceptors (Lipinski definition) is 6. The molecular weight excluding hydrogens is 394 g/mol. The number of hydrogen-bond donors (Lipinski definition) is 1.